The van der Waals surface area contributed by atoms with Crippen molar-refractivity contribution < 1.29 is 9.53 Å². The second kappa shape index (κ2) is 9.17. The lowest BCUT2D eigenvalue weighted by Gasteiger charge is -2.21. The summed E-state index contributed by atoms with van der Waals surface area (Å²) in [4.78, 5) is 23.3. The van der Waals surface area contributed by atoms with Gasteiger partial charge < -0.3 is 15.4 Å². The average Bonchev–Trinajstić information content (AvgIpc) is 2.62. The van der Waals surface area contributed by atoms with E-state index in [-0.39, 0.29) is 11.9 Å². The molecule has 140 valence electrons. The van der Waals surface area contributed by atoms with Crippen LogP contribution in [-0.4, -0.2) is 40.5 Å². The molecule has 1 heterocycles. The van der Waals surface area contributed by atoms with Crippen molar-refractivity contribution in [3.8, 4) is 17.0 Å². The minimum Gasteiger partial charge on any atom is -0.494 e. The first-order valence-electron chi connectivity index (χ1n) is 9.18. The molecule has 2 rings (SSSR count). The summed E-state index contributed by atoms with van der Waals surface area (Å²) >= 11 is 0. The zero-order chi connectivity index (χ0) is 19.1. The Morgan fingerprint density at radius 1 is 1.19 bits per heavy atom. The topological polar surface area (TPSA) is 81.3 Å². The molecule has 1 aromatic carbocycles. The van der Waals surface area contributed by atoms with Crippen molar-refractivity contribution in [2.45, 2.75) is 40.5 Å². The SMILES string of the molecule is CCCCOc1cccc(-c2nc(N)nc(C)c2C(=O)N(CC)CC)c1. The van der Waals surface area contributed by atoms with Crippen LogP contribution in [0.4, 0.5) is 5.95 Å². The Labute approximate surface area is 155 Å². The van der Waals surface area contributed by atoms with Crippen molar-refractivity contribution in [3.63, 3.8) is 0 Å². The van der Waals surface area contributed by atoms with E-state index in [1.807, 2.05) is 38.1 Å². The van der Waals surface area contributed by atoms with Gasteiger partial charge in [0, 0.05) is 18.7 Å². The van der Waals surface area contributed by atoms with Gasteiger partial charge in [0.1, 0.15) is 5.75 Å². The highest BCUT2D eigenvalue weighted by molar-refractivity contribution is 6.01. The molecule has 2 aromatic rings. The predicted molar refractivity (Wildman–Crippen MR) is 104 cm³/mol. The number of hydrogen-bond donors (Lipinski definition) is 1. The fraction of sp³-hybridized carbons (Fsp3) is 0.450. The molecule has 0 radical (unpaired) electrons. The molecule has 26 heavy (non-hydrogen) atoms. The van der Waals surface area contributed by atoms with E-state index in [0.29, 0.717) is 36.6 Å². The minimum absolute atomic E-state index is 0.0835. The first kappa shape index (κ1) is 19.7. The molecule has 0 aliphatic heterocycles. The lowest BCUT2D eigenvalue weighted by atomic mass is 10.0. The average molecular weight is 356 g/mol. The molecule has 1 amide bonds. The molecule has 0 unspecified atom stereocenters. The molecule has 0 fully saturated rings. The monoisotopic (exact) mass is 356 g/mol. The summed E-state index contributed by atoms with van der Waals surface area (Å²) < 4.78 is 5.79. The van der Waals surface area contributed by atoms with Crippen LogP contribution in [0, 0.1) is 6.92 Å². The van der Waals surface area contributed by atoms with E-state index in [2.05, 4.69) is 16.9 Å². The highest BCUT2D eigenvalue weighted by atomic mass is 16.5. The zero-order valence-corrected chi connectivity index (χ0v) is 16.1. The van der Waals surface area contributed by atoms with E-state index in [4.69, 9.17) is 10.5 Å². The molecule has 0 aliphatic carbocycles. The largest absolute Gasteiger partial charge is 0.494 e. The molecule has 2 N–H and O–H groups in total. The molecule has 0 saturated heterocycles. The third-order valence-corrected chi connectivity index (χ3v) is 4.25. The third-order valence-electron chi connectivity index (χ3n) is 4.25. The summed E-state index contributed by atoms with van der Waals surface area (Å²) in [6, 6.07) is 7.61. The Morgan fingerprint density at radius 2 is 1.92 bits per heavy atom. The lowest BCUT2D eigenvalue weighted by molar-refractivity contribution is 0.0772. The van der Waals surface area contributed by atoms with Gasteiger partial charge >= 0.3 is 0 Å². The number of amides is 1. The van der Waals surface area contributed by atoms with Crippen molar-refractivity contribution in [3.05, 3.63) is 35.5 Å². The third kappa shape index (κ3) is 4.50. The van der Waals surface area contributed by atoms with Crippen molar-refractivity contribution in [2.24, 2.45) is 0 Å². The van der Waals surface area contributed by atoms with Gasteiger partial charge in [0.2, 0.25) is 5.95 Å². The predicted octanol–water partition coefficient (Wildman–Crippen LogP) is 3.70. The maximum atomic E-state index is 13.0. The van der Waals surface area contributed by atoms with Gasteiger partial charge in [-0.05, 0) is 39.3 Å². The summed E-state index contributed by atoms with van der Waals surface area (Å²) in [7, 11) is 0. The normalized spacial score (nSPS) is 10.6. The van der Waals surface area contributed by atoms with Gasteiger partial charge in [0.15, 0.2) is 0 Å². The number of carbonyl (C=O) groups excluding carboxylic acids is 1. The van der Waals surface area contributed by atoms with Gasteiger partial charge in [0.25, 0.3) is 5.91 Å². The highest BCUT2D eigenvalue weighted by Crippen LogP contribution is 2.28. The van der Waals surface area contributed by atoms with Gasteiger partial charge in [-0.1, -0.05) is 25.5 Å². The van der Waals surface area contributed by atoms with E-state index in [1.54, 1.807) is 11.8 Å². The highest BCUT2D eigenvalue weighted by Gasteiger charge is 2.23. The number of nitrogens with two attached hydrogens (primary N) is 1. The number of ether oxygens (including phenoxy) is 1. The van der Waals surface area contributed by atoms with Gasteiger partial charge in [0.05, 0.1) is 23.6 Å². The van der Waals surface area contributed by atoms with Crippen molar-refractivity contribution in [1.29, 1.82) is 0 Å². The lowest BCUT2D eigenvalue weighted by Crippen LogP contribution is -2.32. The summed E-state index contributed by atoms with van der Waals surface area (Å²) in [5.41, 5.74) is 8.29. The number of unbranched alkanes of at least 4 members (excludes halogenated alkanes) is 1. The van der Waals surface area contributed by atoms with Gasteiger partial charge in [-0.25, -0.2) is 9.97 Å². The standard InChI is InChI=1S/C20H28N4O2/c1-5-8-12-26-16-11-9-10-15(13-16)18-17(14(4)22-20(21)23-18)19(25)24(6-2)7-3/h9-11,13H,5-8,12H2,1-4H3,(H2,21,22,23). The zero-order valence-electron chi connectivity index (χ0n) is 16.1. The molecule has 0 bridgehead atoms. The van der Waals surface area contributed by atoms with Crippen LogP contribution >= 0.6 is 0 Å². The quantitative estimate of drug-likeness (QED) is 0.730. The molecule has 6 nitrogen and oxygen atoms in total. The van der Waals surface area contributed by atoms with Crippen LogP contribution in [-0.2, 0) is 0 Å². The number of anilines is 1. The fourth-order valence-corrected chi connectivity index (χ4v) is 2.80. The van der Waals surface area contributed by atoms with Crippen LogP contribution in [0.15, 0.2) is 24.3 Å². The van der Waals surface area contributed by atoms with Crippen LogP contribution in [0.5, 0.6) is 5.75 Å². The Kier molecular flexibility index (Phi) is 6.95. The molecule has 0 aliphatic rings. The van der Waals surface area contributed by atoms with Gasteiger partial charge in [-0.15, -0.1) is 0 Å². The Hall–Kier alpha value is -2.63. The summed E-state index contributed by atoms with van der Waals surface area (Å²) in [6.45, 7) is 9.73. The van der Waals surface area contributed by atoms with Crippen molar-refractivity contribution in [1.82, 2.24) is 14.9 Å². The summed E-state index contributed by atoms with van der Waals surface area (Å²) in [6.07, 6.45) is 2.07. The maximum absolute atomic E-state index is 13.0. The molecule has 0 saturated carbocycles. The first-order chi connectivity index (χ1) is 12.5. The molecule has 0 spiro atoms. The molecular weight excluding hydrogens is 328 g/mol. The fourth-order valence-electron chi connectivity index (χ4n) is 2.80. The Balaban J connectivity index is 2.49. The van der Waals surface area contributed by atoms with Crippen molar-refractivity contribution >= 4 is 11.9 Å². The number of aromatic nitrogens is 2. The summed E-state index contributed by atoms with van der Waals surface area (Å²) in [5, 5.41) is 0. The number of hydrogen-bond acceptors (Lipinski definition) is 5. The molecule has 6 heteroatoms. The first-order valence-corrected chi connectivity index (χ1v) is 9.18. The number of aryl methyl sites for hydroxylation is 1. The van der Waals surface area contributed by atoms with Crippen LogP contribution in [0.25, 0.3) is 11.3 Å². The second-order valence-corrected chi connectivity index (χ2v) is 6.10. The van der Waals surface area contributed by atoms with Gasteiger partial charge in [-0.3, -0.25) is 4.79 Å². The number of benzene rings is 1. The van der Waals surface area contributed by atoms with E-state index >= 15 is 0 Å². The van der Waals surface area contributed by atoms with E-state index in [1.165, 1.54) is 0 Å². The van der Waals surface area contributed by atoms with Crippen LogP contribution in [0.1, 0.15) is 49.7 Å². The van der Waals surface area contributed by atoms with Crippen LogP contribution in [0.3, 0.4) is 0 Å². The van der Waals surface area contributed by atoms with Crippen LogP contribution in [0.2, 0.25) is 0 Å². The van der Waals surface area contributed by atoms with Crippen LogP contribution < -0.4 is 10.5 Å². The summed E-state index contributed by atoms with van der Waals surface area (Å²) in [5.74, 6) is 0.831. The number of carbonyl (C=O) groups is 1. The maximum Gasteiger partial charge on any atom is 0.257 e. The number of nitrogen functional groups attached to an aromatic ring is 1. The van der Waals surface area contributed by atoms with E-state index in [9.17, 15) is 4.79 Å². The Morgan fingerprint density at radius 3 is 2.58 bits per heavy atom. The van der Waals surface area contributed by atoms with Gasteiger partial charge in [-0.2, -0.15) is 0 Å². The number of nitrogens with zero attached hydrogens (tertiary/aromatic N) is 3. The molecule has 0 atom stereocenters. The second-order valence-electron chi connectivity index (χ2n) is 6.10. The smallest absolute Gasteiger partial charge is 0.257 e. The van der Waals surface area contributed by atoms with E-state index in [0.717, 1.165) is 24.2 Å². The Bertz CT molecular complexity index is 757. The van der Waals surface area contributed by atoms with Crippen molar-refractivity contribution in [2.75, 3.05) is 25.4 Å². The minimum atomic E-state index is -0.0835. The molecular formula is C20H28N4O2. The molecule has 1 aromatic heterocycles. The van der Waals surface area contributed by atoms with E-state index < -0.39 is 0 Å². The number of rotatable bonds is 8.